The van der Waals surface area contributed by atoms with Crippen LogP contribution in [0.15, 0.2) is 24.3 Å². The number of aliphatic hydroxyl groups is 1. The van der Waals surface area contributed by atoms with Gasteiger partial charge in [-0.25, -0.2) is 0 Å². The molecule has 1 amide bonds. The summed E-state index contributed by atoms with van der Waals surface area (Å²) < 4.78 is 39.3. The minimum atomic E-state index is -4.67. The molecule has 2 fully saturated rings. The van der Waals surface area contributed by atoms with Gasteiger partial charge in [0.25, 0.3) is 5.91 Å². The average molecular weight is 370 g/mol. The summed E-state index contributed by atoms with van der Waals surface area (Å²) in [6.45, 7) is 1.91. The Labute approximate surface area is 151 Å². The third kappa shape index (κ3) is 3.82. The molecule has 2 saturated heterocycles. The summed E-state index contributed by atoms with van der Waals surface area (Å²) in [5.74, 6) is -0.252. The smallest absolute Gasteiger partial charge is 0.380 e. The predicted molar refractivity (Wildman–Crippen MR) is 93.3 cm³/mol. The van der Waals surface area contributed by atoms with Crippen LogP contribution in [-0.2, 0) is 0 Å². The quantitative estimate of drug-likeness (QED) is 0.865. The van der Waals surface area contributed by atoms with Crippen molar-refractivity contribution in [2.75, 3.05) is 31.1 Å². The highest BCUT2D eigenvalue weighted by Crippen LogP contribution is 2.38. The minimum absolute atomic E-state index is 0.0941. The monoisotopic (exact) mass is 370 g/mol. The van der Waals surface area contributed by atoms with Crippen LogP contribution in [0.4, 0.5) is 18.9 Å². The topological polar surface area (TPSA) is 43.8 Å². The molecule has 4 nitrogen and oxygen atoms in total. The maximum atomic E-state index is 13.1. The van der Waals surface area contributed by atoms with E-state index in [4.69, 9.17) is 0 Å². The lowest BCUT2D eigenvalue weighted by Gasteiger charge is -2.32. The second-order valence-corrected chi connectivity index (χ2v) is 7.24. The van der Waals surface area contributed by atoms with Crippen LogP contribution in [0.2, 0.25) is 0 Å². The molecule has 26 heavy (non-hydrogen) atoms. The number of likely N-dealkylation sites (tertiary alicyclic amines) is 1. The van der Waals surface area contributed by atoms with Crippen molar-refractivity contribution in [1.82, 2.24) is 4.90 Å². The molecule has 2 aliphatic heterocycles. The van der Waals surface area contributed by atoms with Gasteiger partial charge in [0.15, 0.2) is 5.60 Å². The van der Waals surface area contributed by atoms with Crippen molar-refractivity contribution in [3.8, 4) is 0 Å². The van der Waals surface area contributed by atoms with Crippen LogP contribution in [0.1, 0.15) is 48.9 Å². The molecule has 0 bridgehead atoms. The number of hydrogen-bond donors (Lipinski definition) is 1. The van der Waals surface area contributed by atoms with E-state index in [9.17, 15) is 23.1 Å². The standard InChI is InChI=1S/C19H25F3N2O2/c20-19(21,22)18(26)9-6-13-24(14-10-18)17(25)15-7-2-3-8-16(15)23-11-4-1-5-12-23/h2-3,7-8,26H,1,4-6,9-14H2. The molecule has 1 atom stereocenters. The second kappa shape index (κ2) is 7.47. The van der Waals surface area contributed by atoms with E-state index in [2.05, 4.69) is 4.90 Å². The molecule has 2 aliphatic rings. The summed E-state index contributed by atoms with van der Waals surface area (Å²) in [6, 6.07) is 7.31. The number of carbonyl (C=O) groups excluding carboxylic acids is 1. The normalized spacial score (nSPS) is 25.1. The van der Waals surface area contributed by atoms with Crippen LogP contribution in [0.25, 0.3) is 0 Å². The summed E-state index contributed by atoms with van der Waals surface area (Å²) in [6.07, 6.45) is -2.06. The van der Waals surface area contributed by atoms with Crippen molar-refractivity contribution < 1.29 is 23.1 Å². The lowest BCUT2D eigenvalue weighted by atomic mass is 9.94. The van der Waals surface area contributed by atoms with Gasteiger partial charge in [0.1, 0.15) is 0 Å². The molecule has 3 rings (SSSR count). The van der Waals surface area contributed by atoms with Gasteiger partial charge in [-0.1, -0.05) is 12.1 Å². The number of hydrogen-bond acceptors (Lipinski definition) is 3. The molecule has 0 aliphatic carbocycles. The maximum absolute atomic E-state index is 13.1. The van der Waals surface area contributed by atoms with Gasteiger partial charge in [0.2, 0.25) is 0 Å². The van der Waals surface area contributed by atoms with E-state index in [1.54, 1.807) is 12.1 Å². The van der Waals surface area contributed by atoms with E-state index >= 15 is 0 Å². The van der Waals surface area contributed by atoms with Gasteiger partial charge in [-0.05, 0) is 44.2 Å². The maximum Gasteiger partial charge on any atom is 0.417 e. The Morgan fingerprint density at radius 3 is 2.35 bits per heavy atom. The van der Waals surface area contributed by atoms with Gasteiger partial charge < -0.3 is 14.9 Å². The van der Waals surface area contributed by atoms with Crippen molar-refractivity contribution in [3.05, 3.63) is 29.8 Å². The van der Waals surface area contributed by atoms with Crippen molar-refractivity contribution in [2.45, 2.75) is 50.3 Å². The summed E-state index contributed by atoms with van der Waals surface area (Å²) >= 11 is 0. The Hall–Kier alpha value is -1.76. The number of alkyl halides is 3. The van der Waals surface area contributed by atoms with Crippen LogP contribution in [-0.4, -0.2) is 53.9 Å². The van der Waals surface area contributed by atoms with Crippen molar-refractivity contribution in [1.29, 1.82) is 0 Å². The number of anilines is 1. The minimum Gasteiger partial charge on any atom is -0.380 e. The van der Waals surface area contributed by atoms with E-state index in [1.807, 2.05) is 12.1 Å². The number of benzene rings is 1. The van der Waals surface area contributed by atoms with E-state index in [-0.39, 0.29) is 31.8 Å². The summed E-state index contributed by atoms with van der Waals surface area (Å²) in [5, 5.41) is 9.95. The number of nitrogens with zero attached hydrogens (tertiary/aromatic N) is 2. The Kier molecular flexibility index (Phi) is 5.46. The van der Waals surface area contributed by atoms with Crippen LogP contribution >= 0.6 is 0 Å². The van der Waals surface area contributed by atoms with Crippen LogP contribution in [0.3, 0.4) is 0 Å². The van der Waals surface area contributed by atoms with Gasteiger partial charge in [-0.3, -0.25) is 4.79 Å². The lowest BCUT2D eigenvalue weighted by Crippen LogP contribution is -2.46. The van der Waals surface area contributed by atoms with Crippen LogP contribution < -0.4 is 4.90 Å². The zero-order chi connectivity index (χ0) is 18.8. The van der Waals surface area contributed by atoms with Crippen molar-refractivity contribution >= 4 is 11.6 Å². The highest BCUT2D eigenvalue weighted by Gasteiger charge is 2.53. The average Bonchev–Trinajstić information content (AvgIpc) is 2.84. The molecule has 2 heterocycles. The molecular weight excluding hydrogens is 345 g/mol. The fourth-order valence-corrected chi connectivity index (χ4v) is 3.84. The molecule has 1 N–H and O–H groups in total. The van der Waals surface area contributed by atoms with Gasteiger partial charge in [0.05, 0.1) is 5.56 Å². The van der Waals surface area contributed by atoms with Crippen LogP contribution in [0.5, 0.6) is 0 Å². The number of amides is 1. The highest BCUT2D eigenvalue weighted by molar-refractivity contribution is 5.99. The summed E-state index contributed by atoms with van der Waals surface area (Å²) in [7, 11) is 0. The first kappa shape index (κ1) is 19.0. The fourth-order valence-electron chi connectivity index (χ4n) is 3.84. The first-order chi connectivity index (χ1) is 12.3. The van der Waals surface area contributed by atoms with E-state index in [1.165, 1.54) is 11.3 Å². The van der Waals surface area contributed by atoms with Gasteiger partial charge in [-0.2, -0.15) is 13.2 Å². The predicted octanol–water partition coefficient (Wildman–Crippen LogP) is 3.60. The number of carbonyl (C=O) groups is 1. The summed E-state index contributed by atoms with van der Waals surface area (Å²) in [5.41, 5.74) is -1.31. The van der Waals surface area contributed by atoms with Crippen molar-refractivity contribution in [2.24, 2.45) is 0 Å². The molecule has 7 heteroatoms. The molecule has 0 spiro atoms. The molecule has 1 unspecified atom stereocenters. The molecular formula is C19H25F3N2O2. The molecule has 1 aromatic rings. The molecule has 0 aromatic heterocycles. The first-order valence-electron chi connectivity index (χ1n) is 9.24. The molecule has 144 valence electrons. The Morgan fingerprint density at radius 1 is 0.962 bits per heavy atom. The van der Waals surface area contributed by atoms with Gasteiger partial charge >= 0.3 is 6.18 Å². The second-order valence-electron chi connectivity index (χ2n) is 7.24. The molecule has 0 radical (unpaired) electrons. The lowest BCUT2D eigenvalue weighted by molar-refractivity contribution is -0.263. The number of para-hydroxylation sites is 1. The zero-order valence-corrected chi connectivity index (χ0v) is 14.8. The van der Waals surface area contributed by atoms with E-state index in [0.29, 0.717) is 5.56 Å². The first-order valence-corrected chi connectivity index (χ1v) is 9.24. The Bertz CT molecular complexity index is 644. The zero-order valence-electron chi connectivity index (χ0n) is 14.8. The number of halogens is 3. The third-order valence-electron chi connectivity index (χ3n) is 5.46. The highest BCUT2D eigenvalue weighted by atomic mass is 19.4. The summed E-state index contributed by atoms with van der Waals surface area (Å²) in [4.78, 5) is 16.6. The third-order valence-corrected chi connectivity index (χ3v) is 5.46. The Morgan fingerprint density at radius 2 is 1.65 bits per heavy atom. The van der Waals surface area contributed by atoms with Crippen LogP contribution in [0, 0.1) is 0 Å². The SMILES string of the molecule is O=C(c1ccccc1N1CCCCC1)N1CCCC(O)(C(F)(F)F)CC1. The molecule has 1 aromatic carbocycles. The molecule has 0 saturated carbocycles. The Balaban J connectivity index is 1.78. The van der Waals surface area contributed by atoms with Gasteiger partial charge in [0, 0.05) is 38.3 Å². The fraction of sp³-hybridized carbons (Fsp3) is 0.632. The van der Waals surface area contributed by atoms with Gasteiger partial charge in [-0.15, -0.1) is 0 Å². The van der Waals surface area contributed by atoms with E-state index < -0.39 is 18.2 Å². The van der Waals surface area contributed by atoms with E-state index in [0.717, 1.165) is 31.6 Å². The number of rotatable bonds is 2. The number of piperidine rings is 1. The van der Waals surface area contributed by atoms with Crippen molar-refractivity contribution in [3.63, 3.8) is 0 Å². The largest absolute Gasteiger partial charge is 0.417 e.